The Kier molecular flexibility index (Phi) is 3.80. The van der Waals surface area contributed by atoms with Crippen LogP contribution in [0, 0.1) is 0 Å². The average Bonchev–Trinajstić information content (AvgIpc) is 3.08. The van der Waals surface area contributed by atoms with Gasteiger partial charge in [0.15, 0.2) is 4.80 Å². The van der Waals surface area contributed by atoms with Crippen molar-refractivity contribution in [3.63, 3.8) is 0 Å². The van der Waals surface area contributed by atoms with Crippen molar-refractivity contribution in [1.82, 2.24) is 9.55 Å². The summed E-state index contributed by atoms with van der Waals surface area (Å²) in [7, 11) is 0. The van der Waals surface area contributed by atoms with Crippen LogP contribution >= 0.6 is 22.7 Å². The molecular weight excluding hydrogens is 286 g/mol. The molecule has 0 N–H and O–H groups in total. The van der Waals surface area contributed by atoms with E-state index in [1.807, 2.05) is 12.1 Å². The number of hydrogen-bond acceptors (Lipinski definition) is 4. The second-order valence-electron chi connectivity index (χ2n) is 4.67. The highest BCUT2D eigenvalue weighted by Gasteiger charge is 2.11. The minimum absolute atomic E-state index is 0.369. The number of nitrogens with zero attached hydrogens (tertiary/aromatic N) is 3. The van der Waals surface area contributed by atoms with Crippen LogP contribution in [0.4, 0.5) is 5.69 Å². The number of thiophene rings is 1. The first-order valence-electron chi connectivity index (χ1n) is 6.44. The van der Waals surface area contributed by atoms with Crippen LogP contribution < -0.4 is 4.80 Å². The molecule has 0 aromatic carbocycles. The Morgan fingerprint density at radius 2 is 2.10 bits per heavy atom. The van der Waals surface area contributed by atoms with Gasteiger partial charge in [-0.1, -0.05) is 6.07 Å². The Labute approximate surface area is 125 Å². The molecule has 0 unspecified atom stereocenters. The van der Waals surface area contributed by atoms with Crippen LogP contribution in [0.3, 0.4) is 0 Å². The van der Waals surface area contributed by atoms with Gasteiger partial charge in [-0.15, -0.1) is 22.7 Å². The normalized spacial score (nSPS) is 12.2. The van der Waals surface area contributed by atoms with E-state index in [0.717, 1.165) is 10.5 Å². The molecule has 0 saturated heterocycles. The molecule has 0 atom stereocenters. The summed E-state index contributed by atoms with van der Waals surface area (Å²) in [6, 6.07) is 8.49. The summed E-state index contributed by atoms with van der Waals surface area (Å²) in [5.41, 5.74) is 2.13. The summed E-state index contributed by atoms with van der Waals surface area (Å²) in [5.74, 6) is 0. The quantitative estimate of drug-likeness (QED) is 0.701. The van der Waals surface area contributed by atoms with Gasteiger partial charge in [0.05, 0.1) is 22.5 Å². The predicted octanol–water partition coefficient (Wildman–Crippen LogP) is 4.49. The highest BCUT2D eigenvalue weighted by molar-refractivity contribution is 7.14. The molecule has 0 aliphatic heterocycles. The standard InChI is InChI=1S/C15H15N3S2/c1-11(2)18-13(14-6-4-8-19-14)10-20-15(18)17-12-5-3-7-16-9-12/h3-11H,1-2H3. The van der Waals surface area contributed by atoms with Crippen LogP contribution in [-0.4, -0.2) is 9.55 Å². The molecule has 0 aliphatic carbocycles. The number of thiazole rings is 1. The lowest BCUT2D eigenvalue weighted by atomic mass is 10.3. The van der Waals surface area contributed by atoms with E-state index in [1.54, 1.807) is 35.1 Å². The zero-order valence-corrected chi connectivity index (χ0v) is 13.0. The Balaban J connectivity index is 2.16. The maximum absolute atomic E-state index is 4.72. The first-order valence-corrected chi connectivity index (χ1v) is 8.20. The van der Waals surface area contributed by atoms with Gasteiger partial charge in [-0.25, -0.2) is 4.99 Å². The van der Waals surface area contributed by atoms with Gasteiger partial charge in [0.25, 0.3) is 0 Å². The van der Waals surface area contributed by atoms with Crippen molar-refractivity contribution in [3.8, 4) is 10.6 Å². The van der Waals surface area contributed by atoms with Crippen molar-refractivity contribution in [1.29, 1.82) is 0 Å². The Hall–Kier alpha value is -1.72. The predicted molar refractivity (Wildman–Crippen MR) is 85.5 cm³/mol. The zero-order valence-electron chi connectivity index (χ0n) is 11.4. The molecule has 3 aromatic rings. The molecule has 0 spiro atoms. The molecule has 5 heteroatoms. The average molecular weight is 301 g/mol. The second kappa shape index (κ2) is 5.73. The lowest BCUT2D eigenvalue weighted by Crippen LogP contribution is -2.17. The molecule has 3 rings (SSSR count). The topological polar surface area (TPSA) is 30.2 Å². The molecule has 0 aliphatic rings. The van der Waals surface area contributed by atoms with Crippen LogP contribution in [0.15, 0.2) is 52.4 Å². The molecule has 20 heavy (non-hydrogen) atoms. The fraction of sp³-hybridized carbons (Fsp3) is 0.200. The van der Waals surface area contributed by atoms with E-state index < -0.39 is 0 Å². The molecule has 3 nitrogen and oxygen atoms in total. The van der Waals surface area contributed by atoms with Gasteiger partial charge in [-0.3, -0.25) is 4.98 Å². The van der Waals surface area contributed by atoms with Gasteiger partial charge < -0.3 is 4.57 Å². The molecule has 3 aromatic heterocycles. The molecule has 102 valence electrons. The van der Waals surface area contributed by atoms with Crippen LogP contribution in [0.25, 0.3) is 10.6 Å². The SMILES string of the molecule is CC(C)n1c(-c2cccs2)csc1=Nc1cccnc1. The van der Waals surface area contributed by atoms with E-state index in [9.17, 15) is 0 Å². The smallest absolute Gasteiger partial charge is 0.190 e. The Morgan fingerprint density at radius 1 is 1.20 bits per heavy atom. The lowest BCUT2D eigenvalue weighted by Gasteiger charge is -2.11. The first-order chi connectivity index (χ1) is 9.75. The van der Waals surface area contributed by atoms with Crippen LogP contribution in [0.2, 0.25) is 0 Å². The van der Waals surface area contributed by atoms with Gasteiger partial charge in [-0.05, 0) is 37.4 Å². The molecule has 0 amide bonds. The fourth-order valence-corrected chi connectivity index (χ4v) is 3.89. The van der Waals surface area contributed by atoms with Gasteiger partial charge in [0.2, 0.25) is 0 Å². The van der Waals surface area contributed by atoms with Crippen molar-refractivity contribution < 1.29 is 0 Å². The van der Waals surface area contributed by atoms with Crippen molar-refractivity contribution in [2.24, 2.45) is 4.99 Å². The molecule has 0 saturated carbocycles. The van der Waals surface area contributed by atoms with E-state index in [1.165, 1.54) is 10.6 Å². The third kappa shape index (κ3) is 2.59. The van der Waals surface area contributed by atoms with E-state index >= 15 is 0 Å². The summed E-state index contributed by atoms with van der Waals surface area (Å²) in [5, 5.41) is 4.29. The fourth-order valence-electron chi connectivity index (χ4n) is 2.04. The maximum Gasteiger partial charge on any atom is 0.190 e. The van der Waals surface area contributed by atoms with Gasteiger partial charge in [0, 0.05) is 17.6 Å². The Bertz CT molecular complexity index is 737. The lowest BCUT2D eigenvalue weighted by molar-refractivity contribution is 0.591. The monoisotopic (exact) mass is 301 g/mol. The number of rotatable bonds is 3. The number of aromatic nitrogens is 2. The molecule has 0 fully saturated rings. The minimum atomic E-state index is 0.369. The zero-order chi connectivity index (χ0) is 13.9. The first kappa shape index (κ1) is 13.3. The largest absolute Gasteiger partial charge is 0.313 e. The van der Waals surface area contributed by atoms with E-state index in [-0.39, 0.29) is 0 Å². The van der Waals surface area contributed by atoms with E-state index in [2.05, 4.69) is 46.3 Å². The molecular formula is C15H15N3S2. The second-order valence-corrected chi connectivity index (χ2v) is 6.45. The van der Waals surface area contributed by atoms with Crippen molar-refractivity contribution in [2.75, 3.05) is 0 Å². The maximum atomic E-state index is 4.72. The third-order valence-corrected chi connectivity index (χ3v) is 4.63. The summed E-state index contributed by atoms with van der Waals surface area (Å²) in [6.07, 6.45) is 3.55. The van der Waals surface area contributed by atoms with E-state index in [4.69, 9.17) is 4.99 Å². The van der Waals surface area contributed by atoms with Crippen LogP contribution in [0.1, 0.15) is 19.9 Å². The third-order valence-electron chi connectivity index (χ3n) is 2.90. The Morgan fingerprint density at radius 3 is 2.75 bits per heavy atom. The van der Waals surface area contributed by atoms with Gasteiger partial charge >= 0.3 is 0 Å². The summed E-state index contributed by atoms with van der Waals surface area (Å²) >= 11 is 3.43. The molecule has 0 radical (unpaired) electrons. The number of hydrogen-bond donors (Lipinski definition) is 0. The summed E-state index contributed by atoms with van der Waals surface area (Å²) in [6.45, 7) is 4.37. The van der Waals surface area contributed by atoms with Crippen LogP contribution in [-0.2, 0) is 0 Å². The van der Waals surface area contributed by atoms with Crippen molar-refractivity contribution >= 4 is 28.4 Å². The van der Waals surface area contributed by atoms with Gasteiger partial charge in [0.1, 0.15) is 0 Å². The highest BCUT2D eigenvalue weighted by Crippen LogP contribution is 2.27. The van der Waals surface area contributed by atoms with Crippen molar-refractivity contribution in [3.05, 3.63) is 52.2 Å². The minimum Gasteiger partial charge on any atom is -0.313 e. The van der Waals surface area contributed by atoms with Crippen LogP contribution in [0.5, 0.6) is 0 Å². The van der Waals surface area contributed by atoms with E-state index in [0.29, 0.717) is 6.04 Å². The summed E-state index contributed by atoms with van der Waals surface area (Å²) in [4.78, 5) is 11.1. The molecule has 3 heterocycles. The number of pyridine rings is 1. The van der Waals surface area contributed by atoms with Gasteiger partial charge in [-0.2, -0.15) is 0 Å². The highest BCUT2D eigenvalue weighted by atomic mass is 32.1. The summed E-state index contributed by atoms with van der Waals surface area (Å²) < 4.78 is 2.28. The molecule has 0 bridgehead atoms. The van der Waals surface area contributed by atoms with Crippen molar-refractivity contribution in [2.45, 2.75) is 19.9 Å².